The van der Waals surface area contributed by atoms with E-state index in [1.165, 1.54) is 10.9 Å². The van der Waals surface area contributed by atoms with Crippen LogP contribution in [0.1, 0.15) is 31.0 Å². The molecule has 3 nitrogen and oxygen atoms in total. The molecule has 0 atom stereocenters. The van der Waals surface area contributed by atoms with E-state index < -0.39 is 11.6 Å². The molecule has 1 heterocycles. The molecule has 0 aliphatic heterocycles. The molecule has 0 saturated heterocycles. The molecule has 1 aromatic heterocycles. The van der Waals surface area contributed by atoms with Crippen LogP contribution in [0.25, 0.3) is 5.69 Å². The van der Waals surface area contributed by atoms with Crippen molar-refractivity contribution in [3.8, 4) is 5.69 Å². The van der Waals surface area contributed by atoms with E-state index in [9.17, 15) is 8.78 Å². The number of benzene rings is 1. The summed E-state index contributed by atoms with van der Waals surface area (Å²) in [7, 11) is 0. The average Bonchev–Trinajstić information content (AvgIpc) is 2.77. The standard InChI is InChI=1S/C13H13F2N3S/c1-7(2)11-3-4-18(17-11)12-9(14)5-8(13(16)19)6-10(12)15/h3-7H,1-2H3,(H2,16,19). The Morgan fingerprint density at radius 2 is 1.89 bits per heavy atom. The maximum atomic E-state index is 14.0. The van der Waals surface area contributed by atoms with E-state index in [-0.39, 0.29) is 22.2 Å². The second kappa shape index (κ2) is 5.05. The fourth-order valence-electron chi connectivity index (χ4n) is 1.70. The van der Waals surface area contributed by atoms with Gasteiger partial charge in [-0.15, -0.1) is 0 Å². The second-order valence-electron chi connectivity index (χ2n) is 4.49. The molecule has 100 valence electrons. The number of halogens is 2. The van der Waals surface area contributed by atoms with Gasteiger partial charge in [-0.3, -0.25) is 0 Å². The Balaban J connectivity index is 2.52. The zero-order chi connectivity index (χ0) is 14.2. The second-order valence-corrected chi connectivity index (χ2v) is 4.93. The van der Waals surface area contributed by atoms with E-state index in [0.717, 1.165) is 17.8 Å². The SMILES string of the molecule is CC(C)c1ccn(-c2c(F)cc(C(N)=S)cc2F)n1. The quantitative estimate of drug-likeness (QED) is 0.880. The van der Waals surface area contributed by atoms with Gasteiger partial charge in [0.25, 0.3) is 0 Å². The highest BCUT2D eigenvalue weighted by atomic mass is 32.1. The summed E-state index contributed by atoms with van der Waals surface area (Å²) in [6, 6.07) is 3.94. The summed E-state index contributed by atoms with van der Waals surface area (Å²) in [4.78, 5) is -0.0484. The van der Waals surface area contributed by atoms with Gasteiger partial charge in [0.15, 0.2) is 11.6 Å². The average molecular weight is 281 g/mol. The molecule has 0 radical (unpaired) electrons. The van der Waals surface area contributed by atoms with Crippen molar-refractivity contribution in [3.63, 3.8) is 0 Å². The van der Waals surface area contributed by atoms with Crippen LogP contribution in [0, 0.1) is 11.6 Å². The van der Waals surface area contributed by atoms with Gasteiger partial charge in [0.1, 0.15) is 10.7 Å². The van der Waals surface area contributed by atoms with Crippen LogP contribution < -0.4 is 5.73 Å². The molecule has 0 unspecified atom stereocenters. The van der Waals surface area contributed by atoms with Crippen LogP contribution in [0.2, 0.25) is 0 Å². The summed E-state index contributed by atoms with van der Waals surface area (Å²) in [6.07, 6.45) is 1.53. The molecule has 0 spiro atoms. The lowest BCUT2D eigenvalue weighted by molar-refractivity contribution is 0.557. The third-order valence-corrected chi connectivity index (χ3v) is 2.97. The van der Waals surface area contributed by atoms with Crippen molar-refractivity contribution < 1.29 is 8.78 Å². The predicted molar refractivity (Wildman–Crippen MR) is 73.5 cm³/mol. The molecule has 0 fully saturated rings. The van der Waals surface area contributed by atoms with Crippen LogP contribution in [0.5, 0.6) is 0 Å². The lowest BCUT2D eigenvalue weighted by Gasteiger charge is -2.07. The maximum Gasteiger partial charge on any atom is 0.152 e. The number of hydrogen-bond donors (Lipinski definition) is 1. The highest BCUT2D eigenvalue weighted by Gasteiger charge is 2.16. The van der Waals surface area contributed by atoms with Crippen LogP contribution in [-0.2, 0) is 0 Å². The molecule has 0 bridgehead atoms. The molecule has 0 aliphatic carbocycles. The first-order chi connectivity index (χ1) is 8.90. The molecule has 19 heavy (non-hydrogen) atoms. The normalized spacial score (nSPS) is 11.0. The zero-order valence-corrected chi connectivity index (χ0v) is 11.3. The molecule has 0 saturated carbocycles. The maximum absolute atomic E-state index is 14.0. The molecule has 6 heteroatoms. The van der Waals surface area contributed by atoms with E-state index in [0.29, 0.717) is 0 Å². The van der Waals surface area contributed by atoms with Crippen LogP contribution >= 0.6 is 12.2 Å². The lowest BCUT2D eigenvalue weighted by Crippen LogP contribution is -2.12. The van der Waals surface area contributed by atoms with Gasteiger partial charge in [0.05, 0.1) is 5.69 Å². The van der Waals surface area contributed by atoms with E-state index in [2.05, 4.69) is 5.10 Å². The Bertz CT molecular complexity index is 612. The van der Waals surface area contributed by atoms with Gasteiger partial charge in [-0.25, -0.2) is 13.5 Å². The van der Waals surface area contributed by atoms with Gasteiger partial charge in [-0.2, -0.15) is 5.10 Å². The first-order valence-corrected chi connectivity index (χ1v) is 6.15. The summed E-state index contributed by atoms with van der Waals surface area (Å²) in [6.45, 7) is 3.91. The van der Waals surface area contributed by atoms with E-state index in [1.807, 2.05) is 13.8 Å². The monoisotopic (exact) mass is 281 g/mol. The minimum absolute atomic E-state index is 0.0484. The van der Waals surface area contributed by atoms with Gasteiger partial charge >= 0.3 is 0 Å². The number of nitrogens with two attached hydrogens (primary N) is 1. The number of aromatic nitrogens is 2. The summed E-state index contributed by atoms with van der Waals surface area (Å²) in [5, 5.41) is 4.15. The number of rotatable bonds is 3. The van der Waals surface area contributed by atoms with E-state index >= 15 is 0 Å². The predicted octanol–water partition coefficient (Wildman–Crippen LogP) is 2.91. The van der Waals surface area contributed by atoms with E-state index in [1.54, 1.807) is 6.07 Å². The highest BCUT2D eigenvalue weighted by Crippen LogP contribution is 2.21. The first kappa shape index (κ1) is 13.6. The summed E-state index contributed by atoms with van der Waals surface area (Å²) >= 11 is 4.70. The van der Waals surface area contributed by atoms with Crippen molar-refractivity contribution >= 4 is 17.2 Å². The smallest absolute Gasteiger partial charge is 0.152 e. The first-order valence-electron chi connectivity index (χ1n) is 5.75. The molecular weight excluding hydrogens is 268 g/mol. The van der Waals surface area contributed by atoms with Gasteiger partial charge in [0.2, 0.25) is 0 Å². The largest absolute Gasteiger partial charge is 0.389 e. The Labute approximate surface area is 115 Å². The van der Waals surface area contributed by atoms with Crippen LogP contribution in [-0.4, -0.2) is 14.8 Å². The third-order valence-electron chi connectivity index (χ3n) is 2.73. The molecule has 1 aromatic carbocycles. The van der Waals surface area contributed by atoms with Crippen molar-refractivity contribution in [3.05, 3.63) is 47.3 Å². The van der Waals surface area contributed by atoms with Crippen LogP contribution in [0.15, 0.2) is 24.4 Å². The molecule has 0 aliphatic rings. The Morgan fingerprint density at radius 1 is 1.32 bits per heavy atom. The van der Waals surface area contributed by atoms with Crippen LogP contribution in [0.4, 0.5) is 8.78 Å². The number of hydrogen-bond acceptors (Lipinski definition) is 2. The van der Waals surface area contributed by atoms with Gasteiger partial charge in [0, 0.05) is 11.8 Å². The molecule has 2 rings (SSSR count). The minimum atomic E-state index is -0.749. The summed E-state index contributed by atoms with van der Waals surface area (Å²) in [5.41, 5.74) is 6.05. The lowest BCUT2D eigenvalue weighted by atomic mass is 10.1. The topological polar surface area (TPSA) is 43.8 Å². The molecule has 2 N–H and O–H groups in total. The fourth-order valence-corrected chi connectivity index (χ4v) is 1.81. The fraction of sp³-hybridized carbons (Fsp3) is 0.231. The van der Waals surface area contributed by atoms with Gasteiger partial charge in [-0.1, -0.05) is 26.1 Å². The van der Waals surface area contributed by atoms with Gasteiger partial charge < -0.3 is 5.73 Å². The van der Waals surface area contributed by atoms with Crippen molar-refractivity contribution in [2.45, 2.75) is 19.8 Å². The number of nitrogens with zero attached hydrogens (tertiary/aromatic N) is 2. The van der Waals surface area contributed by atoms with Crippen molar-refractivity contribution in [1.82, 2.24) is 9.78 Å². The van der Waals surface area contributed by atoms with Gasteiger partial charge in [-0.05, 0) is 24.1 Å². The van der Waals surface area contributed by atoms with Crippen molar-refractivity contribution in [1.29, 1.82) is 0 Å². The molecule has 2 aromatic rings. The summed E-state index contributed by atoms with van der Waals surface area (Å²) in [5.74, 6) is -1.31. The van der Waals surface area contributed by atoms with Crippen molar-refractivity contribution in [2.75, 3.05) is 0 Å². The van der Waals surface area contributed by atoms with Crippen molar-refractivity contribution in [2.24, 2.45) is 5.73 Å². The zero-order valence-electron chi connectivity index (χ0n) is 10.5. The summed E-state index contributed by atoms with van der Waals surface area (Å²) < 4.78 is 29.1. The molecule has 0 amide bonds. The Kier molecular flexibility index (Phi) is 3.61. The minimum Gasteiger partial charge on any atom is -0.389 e. The third kappa shape index (κ3) is 2.63. The Hall–Kier alpha value is -1.82. The Morgan fingerprint density at radius 3 is 2.32 bits per heavy atom. The van der Waals surface area contributed by atoms with Crippen LogP contribution in [0.3, 0.4) is 0 Å². The van der Waals surface area contributed by atoms with E-state index in [4.69, 9.17) is 18.0 Å². The highest BCUT2D eigenvalue weighted by molar-refractivity contribution is 7.80. The number of thiocarbonyl (C=S) groups is 1. The molecular formula is C13H13F2N3S.